The van der Waals surface area contributed by atoms with Crippen LogP contribution < -0.4 is 19.7 Å². The van der Waals surface area contributed by atoms with Crippen LogP contribution in [-0.4, -0.2) is 50.2 Å². The summed E-state index contributed by atoms with van der Waals surface area (Å²) in [4.78, 5) is 23.7. The van der Waals surface area contributed by atoms with Gasteiger partial charge in [0.1, 0.15) is 11.0 Å². The molecule has 1 amide bonds. The van der Waals surface area contributed by atoms with Gasteiger partial charge in [-0.15, -0.1) is 0 Å². The maximum Gasteiger partial charge on any atom is 0.251 e. The Balaban J connectivity index is 1.29. The van der Waals surface area contributed by atoms with E-state index in [1.807, 2.05) is 67.7 Å². The fourth-order valence-electron chi connectivity index (χ4n) is 4.06. The quantitative estimate of drug-likeness (QED) is 0.117. The minimum absolute atomic E-state index is 0.0749. The average Bonchev–Trinajstić information content (AvgIpc) is 2.99. The molecule has 0 bridgehead atoms. The summed E-state index contributed by atoms with van der Waals surface area (Å²) in [6.45, 7) is 1.33. The molecule has 4 aromatic rings. The highest BCUT2D eigenvalue weighted by Gasteiger charge is 2.11. The van der Waals surface area contributed by atoms with Gasteiger partial charge in [-0.1, -0.05) is 71.9 Å². The Kier molecular flexibility index (Phi) is 10.7. The first-order valence-corrected chi connectivity index (χ1v) is 14.3. The van der Waals surface area contributed by atoms with E-state index in [2.05, 4.69) is 27.3 Å². The summed E-state index contributed by atoms with van der Waals surface area (Å²) in [5.74, 6) is 2.76. The van der Waals surface area contributed by atoms with Gasteiger partial charge in [0.2, 0.25) is 0 Å². The summed E-state index contributed by atoms with van der Waals surface area (Å²) in [5, 5.41) is 3.98. The molecule has 9 heteroatoms. The third kappa shape index (κ3) is 8.37. The van der Waals surface area contributed by atoms with Gasteiger partial charge < -0.3 is 19.7 Å². The fraction of sp³-hybridized carbons (Fsp3) is 0.258. The molecule has 208 valence electrons. The molecule has 0 aliphatic carbocycles. The number of anilines is 1. The molecule has 0 saturated heterocycles. The largest absolute Gasteiger partial charge is 0.493 e. The number of aromatic nitrogens is 2. The minimum Gasteiger partial charge on any atom is -0.493 e. The van der Waals surface area contributed by atoms with E-state index in [1.54, 1.807) is 20.3 Å². The zero-order valence-corrected chi connectivity index (χ0v) is 24.5. The number of nitrogens with one attached hydrogen (secondary N) is 1. The standard InChI is InChI=1S/C31H33ClN4O3S/c1-36(18-16-23-11-14-26(38-2)27(19-23)39-3)29-20-28(32)34-31(35-29)40-21-24-9-12-25(13-10-24)30(37)33-17-15-22-7-5-4-6-8-22/h4-14,19-20H,15-18,21H2,1-3H3,(H,33,37). The number of ether oxygens (including phenoxy) is 2. The predicted octanol–water partition coefficient (Wildman–Crippen LogP) is 6.09. The maximum absolute atomic E-state index is 12.5. The van der Waals surface area contributed by atoms with Crippen LogP contribution in [0, 0.1) is 0 Å². The molecular formula is C31H33ClN4O3S. The number of thioether (sulfide) groups is 1. The summed E-state index contributed by atoms with van der Waals surface area (Å²) in [6.07, 6.45) is 1.60. The molecular weight excluding hydrogens is 544 g/mol. The van der Waals surface area contributed by atoms with Gasteiger partial charge in [-0.2, -0.15) is 0 Å². The second kappa shape index (κ2) is 14.6. The number of rotatable bonds is 13. The number of hydrogen-bond acceptors (Lipinski definition) is 7. The average molecular weight is 577 g/mol. The van der Waals surface area contributed by atoms with Gasteiger partial charge in [-0.3, -0.25) is 4.79 Å². The third-order valence-corrected chi connectivity index (χ3v) is 7.47. The molecule has 0 fully saturated rings. The van der Waals surface area contributed by atoms with Crippen molar-refractivity contribution in [3.05, 3.63) is 106 Å². The van der Waals surface area contributed by atoms with E-state index in [4.69, 9.17) is 26.1 Å². The smallest absolute Gasteiger partial charge is 0.251 e. The molecule has 0 spiro atoms. The van der Waals surface area contributed by atoms with Crippen LogP contribution in [0.25, 0.3) is 0 Å². The summed E-state index contributed by atoms with van der Waals surface area (Å²) >= 11 is 7.84. The van der Waals surface area contributed by atoms with E-state index >= 15 is 0 Å². The van der Waals surface area contributed by atoms with Crippen LogP contribution in [0.3, 0.4) is 0 Å². The number of carbonyl (C=O) groups excluding carboxylic acids is 1. The molecule has 40 heavy (non-hydrogen) atoms. The zero-order valence-electron chi connectivity index (χ0n) is 22.9. The van der Waals surface area contributed by atoms with Crippen molar-refractivity contribution in [1.82, 2.24) is 15.3 Å². The van der Waals surface area contributed by atoms with Gasteiger partial charge >= 0.3 is 0 Å². The fourth-order valence-corrected chi connectivity index (χ4v) is 5.10. The van der Waals surface area contributed by atoms with E-state index in [9.17, 15) is 4.79 Å². The minimum atomic E-state index is -0.0749. The number of benzene rings is 3. The van der Waals surface area contributed by atoms with Crippen molar-refractivity contribution >= 4 is 35.1 Å². The Morgan fingerprint density at radius 2 is 1.60 bits per heavy atom. The Bertz CT molecular complexity index is 1400. The monoisotopic (exact) mass is 576 g/mol. The predicted molar refractivity (Wildman–Crippen MR) is 162 cm³/mol. The summed E-state index contributed by atoms with van der Waals surface area (Å²) in [6, 6.07) is 25.4. The van der Waals surface area contributed by atoms with Crippen molar-refractivity contribution < 1.29 is 14.3 Å². The first kappa shape index (κ1) is 29.2. The van der Waals surface area contributed by atoms with Crippen molar-refractivity contribution in [2.75, 3.05) is 39.3 Å². The van der Waals surface area contributed by atoms with Crippen LogP contribution in [0.1, 0.15) is 27.0 Å². The molecule has 0 atom stereocenters. The lowest BCUT2D eigenvalue weighted by Gasteiger charge is -2.19. The Hall–Kier alpha value is -3.75. The van der Waals surface area contributed by atoms with Crippen LogP contribution in [-0.2, 0) is 18.6 Å². The molecule has 1 heterocycles. The number of nitrogens with zero attached hydrogens (tertiary/aromatic N) is 3. The topological polar surface area (TPSA) is 76.6 Å². The second-order valence-corrected chi connectivity index (χ2v) is 10.5. The molecule has 0 aliphatic rings. The number of methoxy groups -OCH3 is 2. The van der Waals surface area contributed by atoms with Gasteiger partial charge in [-0.05, 0) is 53.8 Å². The van der Waals surface area contributed by atoms with Gasteiger partial charge in [-0.25, -0.2) is 9.97 Å². The molecule has 1 aromatic heterocycles. The van der Waals surface area contributed by atoms with Gasteiger partial charge in [0.05, 0.1) is 14.2 Å². The molecule has 1 N–H and O–H groups in total. The normalized spacial score (nSPS) is 10.7. The number of carbonyl (C=O) groups is 1. The van der Waals surface area contributed by atoms with Gasteiger partial charge in [0, 0.05) is 37.5 Å². The van der Waals surface area contributed by atoms with Crippen molar-refractivity contribution in [2.45, 2.75) is 23.8 Å². The molecule has 3 aromatic carbocycles. The van der Waals surface area contributed by atoms with Crippen molar-refractivity contribution in [2.24, 2.45) is 0 Å². The highest BCUT2D eigenvalue weighted by atomic mass is 35.5. The van der Waals surface area contributed by atoms with E-state index in [0.717, 1.165) is 36.3 Å². The first-order chi connectivity index (χ1) is 19.4. The molecule has 7 nitrogen and oxygen atoms in total. The molecule has 0 saturated carbocycles. The Labute approximate surface area is 244 Å². The number of halogens is 1. The molecule has 4 rings (SSSR count). The van der Waals surface area contributed by atoms with Crippen molar-refractivity contribution in [1.29, 1.82) is 0 Å². The van der Waals surface area contributed by atoms with Crippen LogP contribution >= 0.6 is 23.4 Å². The Morgan fingerprint density at radius 1 is 0.875 bits per heavy atom. The summed E-state index contributed by atoms with van der Waals surface area (Å²) < 4.78 is 10.7. The highest BCUT2D eigenvalue weighted by Crippen LogP contribution is 2.28. The van der Waals surface area contributed by atoms with E-state index in [-0.39, 0.29) is 5.91 Å². The summed E-state index contributed by atoms with van der Waals surface area (Å²) in [7, 11) is 5.25. The molecule has 0 aliphatic heterocycles. The lowest BCUT2D eigenvalue weighted by atomic mass is 10.1. The SMILES string of the molecule is COc1ccc(CCN(C)c2cc(Cl)nc(SCc3ccc(C(=O)NCCc4ccccc4)cc3)n2)cc1OC. The summed E-state index contributed by atoms with van der Waals surface area (Å²) in [5.41, 5.74) is 4.04. The second-order valence-electron chi connectivity index (χ2n) is 9.17. The van der Waals surface area contributed by atoms with Crippen LogP contribution in [0.4, 0.5) is 5.82 Å². The first-order valence-electron chi connectivity index (χ1n) is 13.0. The van der Waals surface area contributed by atoms with Crippen molar-refractivity contribution in [3.8, 4) is 11.5 Å². The van der Waals surface area contributed by atoms with Gasteiger partial charge in [0.25, 0.3) is 5.91 Å². The highest BCUT2D eigenvalue weighted by molar-refractivity contribution is 7.98. The van der Waals surface area contributed by atoms with Crippen molar-refractivity contribution in [3.63, 3.8) is 0 Å². The lowest BCUT2D eigenvalue weighted by molar-refractivity contribution is 0.0954. The van der Waals surface area contributed by atoms with Gasteiger partial charge in [0.15, 0.2) is 16.7 Å². The van der Waals surface area contributed by atoms with E-state index < -0.39 is 0 Å². The maximum atomic E-state index is 12.5. The van der Waals surface area contributed by atoms with E-state index in [1.165, 1.54) is 17.3 Å². The Morgan fingerprint density at radius 3 is 2.33 bits per heavy atom. The zero-order chi connectivity index (χ0) is 28.3. The lowest BCUT2D eigenvalue weighted by Crippen LogP contribution is -2.25. The van der Waals surface area contributed by atoms with Crippen LogP contribution in [0.15, 0.2) is 84.0 Å². The molecule has 0 radical (unpaired) electrons. The third-order valence-electron chi connectivity index (χ3n) is 6.36. The molecule has 0 unspecified atom stereocenters. The van der Waals surface area contributed by atoms with Crippen LogP contribution in [0.2, 0.25) is 5.15 Å². The number of amides is 1. The number of hydrogen-bond donors (Lipinski definition) is 1. The van der Waals surface area contributed by atoms with Crippen LogP contribution in [0.5, 0.6) is 11.5 Å². The number of likely N-dealkylation sites (N-methyl/N-ethyl adjacent to an activating group) is 1. The van der Waals surface area contributed by atoms with E-state index in [0.29, 0.717) is 39.7 Å².